The third kappa shape index (κ3) is 8.73. The molecule has 1 saturated heterocycles. The highest BCUT2D eigenvalue weighted by molar-refractivity contribution is 5.88. The van der Waals surface area contributed by atoms with Gasteiger partial charge in [0.1, 0.15) is 17.7 Å². The Balaban J connectivity index is 1.08. The quantitative estimate of drug-likeness (QED) is 0.104. The van der Waals surface area contributed by atoms with E-state index in [0.29, 0.717) is 13.1 Å². The lowest BCUT2D eigenvalue weighted by Gasteiger charge is -2.29. The maximum Gasteiger partial charge on any atom is 0.407 e. The first-order valence-electron chi connectivity index (χ1n) is 17.8. The predicted molar refractivity (Wildman–Crippen MR) is 199 cm³/mol. The molecule has 0 bridgehead atoms. The summed E-state index contributed by atoms with van der Waals surface area (Å²) in [5.41, 5.74) is 6.21. The minimum absolute atomic E-state index is 0.109. The Hall–Kier alpha value is -5.99. The minimum atomic E-state index is -0.694. The highest BCUT2D eigenvalue weighted by atomic mass is 16.5. The highest BCUT2D eigenvalue weighted by Gasteiger charge is 2.37. The molecule has 1 fully saturated rings. The second kappa shape index (κ2) is 16.6. The first kappa shape index (κ1) is 36.8. The Morgan fingerprint density at radius 3 is 2.49 bits per heavy atom. The lowest BCUT2D eigenvalue weighted by Crippen LogP contribution is -2.51. The van der Waals surface area contributed by atoms with E-state index in [9.17, 15) is 19.2 Å². The molecule has 2 atom stereocenters. The average Bonchev–Trinajstić information content (AvgIpc) is 3.95. The summed E-state index contributed by atoms with van der Waals surface area (Å²) in [6, 6.07) is 15.3. The van der Waals surface area contributed by atoms with Crippen LogP contribution in [0.15, 0.2) is 54.7 Å². The molecule has 0 spiro atoms. The number of nitrogens with one attached hydrogen (secondary N) is 5. The number of rotatable bonds is 13. The van der Waals surface area contributed by atoms with Gasteiger partial charge in [-0.3, -0.25) is 9.59 Å². The summed E-state index contributed by atoms with van der Waals surface area (Å²) in [5.74, 6) is 1.07. The van der Waals surface area contributed by atoms with Crippen LogP contribution >= 0.6 is 0 Å². The number of carbonyl (C=O) groups excluding carboxylic acids is 4. The molecule has 6 rings (SSSR count). The number of pyridine rings is 1. The maximum atomic E-state index is 13.6. The standard InChI is InChI=1S/C38H45N9O6/c1-22(2)34(46-38(51)53-4)36(49)47-17-7-8-31(47)35-44-28-15-12-25(19-29(28)45-35)27-13-10-23-18-24(11-14-26(23)42-27)30-20-40-32(43-30)9-5-6-16-39-33(48)21-41-37(50)52-3/h10-15,18-20,22,31,34H,5-9,16-17,21H2,1-4H3,(H,39,48)(H,40,43)(H,41,50)(H,44,45)(H,46,51). The van der Waals surface area contributed by atoms with Gasteiger partial charge in [0, 0.05) is 36.0 Å². The van der Waals surface area contributed by atoms with Crippen LogP contribution in [0.1, 0.15) is 57.2 Å². The van der Waals surface area contributed by atoms with E-state index >= 15 is 0 Å². The van der Waals surface area contributed by atoms with Crippen molar-refractivity contribution in [3.05, 3.63) is 66.4 Å². The summed E-state index contributed by atoms with van der Waals surface area (Å²) in [5, 5.41) is 8.82. The molecule has 15 heteroatoms. The first-order chi connectivity index (χ1) is 25.6. The van der Waals surface area contributed by atoms with Gasteiger partial charge >= 0.3 is 12.2 Å². The van der Waals surface area contributed by atoms with Gasteiger partial charge in [0.25, 0.3) is 0 Å². The van der Waals surface area contributed by atoms with E-state index < -0.39 is 18.2 Å². The fourth-order valence-corrected chi connectivity index (χ4v) is 6.56. The number of aromatic amines is 2. The Kier molecular flexibility index (Phi) is 11.5. The minimum Gasteiger partial charge on any atom is -0.453 e. The molecule has 15 nitrogen and oxygen atoms in total. The van der Waals surface area contributed by atoms with Crippen molar-refractivity contribution in [2.75, 3.05) is 33.9 Å². The smallest absolute Gasteiger partial charge is 0.407 e. The second-order valence-electron chi connectivity index (χ2n) is 13.4. The molecular weight excluding hydrogens is 678 g/mol. The van der Waals surface area contributed by atoms with Crippen molar-refractivity contribution < 1.29 is 28.7 Å². The molecular formula is C38H45N9O6. The van der Waals surface area contributed by atoms with Gasteiger partial charge in [-0.1, -0.05) is 32.0 Å². The van der Waals surface area contributed by atoms with Crippen LogP contribution in [0.2, 0.25) is 0 Å². The first-order valence-corrected chi connectivity index (χ1v) is 17.8. The zero-order valence-corrected chi connectivity index (χ0v) is 30.3. The number of fused-ring (bicyclic) bond motifs is 2. The van der Waals surface area contributed by atoms with Crippen LogP contribution in [-0.4, -0.2) is 93.7 Å². The monoisotopic (exact) mass is 723 g/mol. The number of aryl methyl sites for hydroxylation is 1. The molecule has 3 aromatic heterocycles. The number of hydrogen-bond donors (Lipinski definition) is 5. The predicted octanol–water partition coefficient (Wildman–Crippen LogP) is 5.01. The zero-order chi connectivity index (χ0) is 37.5. The fourth-order valence-electron chi connectivity index (χ4n) is 6.56. The third-order valence-electron chi connectivity index (χ3n) is 9.41. The lowest BCUT2D eigenvalue weighted by molar-refractivity contribution is -0.135. The molecule has 0 radical (unpaired) electrons. The van der Waals surface area contributed by atoms with Crippen LogP contribution in [-0.2, 0) is 25.5 Å². The number of unbranched alkanes of at least 4 members (excludes halogenated alkanes) is 1. The van der Waals surface area contributed by atoms with Crippen LogP contribution in [0.5, 0.6) is 0 Å². The van der Waals surface area contributed by atoms with Crippen LogP contribution in [0.3, 0.4) is 0 Å². The highest BCUT2D eigenvalue weighted by Crippen LogP contribution is 2.34. The van der Waals surface area contributed by atoms with Crippen molar-refractivity contribution in [3.8, 4) is 22.5 Å². The van der Waals surface area contributed by atoms with Crippen molar-refractivity contribution >= 4 is 45.9 Å². The summed E-state index contributed by atoms with van der Waals surface area (Å²) in [6.07, 6.45) is 4.52. The van der Waals surface area contributed by atoms with Gasteiger partial charge < -0.3 is 40.3 Å². The van der Waals surface area contributed by atoms with E-state index in [0.717, 1.165) is 88.2 Å². The molecule has 4 amide bonds. The maximum absolute atomic E-state index is 13.6. The number of hydrogen-bond acceptors (Lipinski definition) is 9. The number of nitrogens with zero attached hydrogens (tertiary/aromatic N) is 4. The lowest BCUT2D eigenvalue weighted by atomic mass is 10.0. The van der Waals surface area contributed by atoms with E-state index in [1.165, 1.54) is 14.2 Å². The van der Waals surface area contributed by atoms with Crippen LogP contribution < -0.4 is 16.0 Å². The summed E-state index contributed by atoms with van der Waals surface area (Å²) in [7, 11) is 2.54. The van der Waals surface area contributed by atoms with E-state index in [2.05, 4.69) is 47.8 Å². The van der Waals surface area contributed by atoms with Gasteiger partial charge in [0.15, 0.2) is 0 Å². The Morgan fingerprint density at radius 2 is 1.70 bits per heavy atom. The molecule has 1 aliphatic rings. The molecule has 278 valence electrons. The van der Waals surface area contributed by atoms with Crippen molar-refractivity contribution in [2.24, 2.45) is 5.92 Å². The number of carbonyl (C=O) groups is 4. The fraction of sp³-hybridized carbons (Fsp3) is 0.395. The Morgan fingerprint density at radius 1 is 0.906 bits per heavy atom. The largest absolute Gasteiger partial charge is 0.453 e. The summed E-state index contributed by atoms with van der Waals surface area (Å²) in [6.45, 7) is 4.77. The summed E-state index contributed by atoms with van der Waals surface area (Å²) < 4.78 is 9.21. The summed E-state index contributed by atoms with van der Waals surface area (Å²) in [4.78, 5) is 71.4. The van der Waals surface area contributed by atoms with Gasteiger partial charge in [-0.05, 0) is 61.9 Å². The van der Waals surface area contributed by atoms with Crippen molar-refractivity contribution in [2.45, 2.75) is 58.0 Å². The zero-order valence-electron chi connectivity index (χ0n) is 30.3. The van der Waals surface area contributed by atoms with E-state index in [-0.39, 0.29) is 30.3 Å². The van der Waals surface area contributed by atoms with Crippen molar-refractivity contribution in [3.63, 3.8) is 0 Å². The number of H-pyrrole nitrogens is 2. The second-order valence-corrected chi connectivity index (χ2v) is 13.4. The number of imidazole rings is 2. The number of methoxy groups -OCH3 is 2. The Labute approximate surface area is 306 Å². The normalized spacial score (nSPS) is 14.7. The van der Waals surface area contributed by atoms with Crippen molar-refractivity contribution in [1.82, 2.24) is 45.8 Å². The van der Waals surface area contributed by atoms with E-state index in [4.69, 9.17) is 14.7 Å². The van der Waals surface area contributed by atoms with Crippen LogP contribution in [0, 0.1) is 5.92 Å². The number of alkyl carbamates (subject to hydrolysis) is 2. The SMILES string of the molecule is COC(=O)NCC(=O)NCCCCc1ncc(-c2ccc3nc(-c4ccc5nc(C6CCCN6C(=O)C(NC(=O)OC)C(C)C)[nH]c5c4)ccc3c2)[nH]1. The Bertz CT molecular complexity index is 2110. The topological polar surface area (TPSA) is 196 Å². The molecule has 2 aromatic carbocycles. The van der Waals surface area contributed by atoms with Crippen LogP contribution in [0.4, 0.5) is 9.59 Å². The van der Waals surface area contributed by atoms with E-state index in [1.54, 1.807) is 0 Å². The summed E-state index contributed by atoms with van der Waals surface area (Å²) >= 11 is 0. The van der Waals surface area contributed by atoms with Crippen LogP contribution in [0.25, 0.3) is 44.5 Å². The van der Waals surface area contributed by atoms with E-state index in [1.807, 2.05) is 61.3 Å². The molecule has 2 unspecified atom stereocenters. The molecule has 5 N–H and O–H groups in total. The molecule has 53 heavy (non-hydrogen) atoms. The molecule has 5 aromatic rings. The number of benzene rings is 2. The van der Waals surface area contributed by atoms with Gasteiger partial charge in [0.05, 0.1) is 60.9 Å². The average molecular weight is 724 g/mol. The molecule has 0 saturated carbocycles. The van der Waals surface area contributed by atoms with Gasteiger partial charge in [-0.2, -0.15) is 0 Å². The van der Waals surface area contributed by atoms with Gasteiger partial charge in [0.2, 0.25) is 11.8 Å². The number of likely N-dealkylation sites (tertiary alicyclic amines) is 1. The third-order valence-corrected chi connectivity index (χ3v) is 9.41. The van der Waals surface area contributed by atoms with Gasteiger partial charge in [-0.25, -0.2) is 24.5 Å². The molecule has 4 heterocycles. The number of amides is 4. The molecule has 0 aliphatic carbocycles. The van der Waals surface area contributed by atoms with Crippen molar-refractivity contribution in [1.29, 1.82) is 0 Å². The number of aromatic nitrogens is 5. The van der Waals surface area contributed by atoms with Gasteiger partial charge in [-0.15, -0.1) is 0 Å². The molecule has 1 aliphatic heterocycles. The number of ether oxygens (including phenoxy) is 2.